The molecule has 1 unspecified atom stereocenters. The number of aromatic hydroxyl groups is 1. The van der Waals surface area contributed by atoms with E-state index >= 15 is 0 Å². The molecule has 5 nitrogen and oxygen atoms in total. The molecule has 4 aliphatic carbocycles. The van der Waals surface area contributed by atoms with E-state index in [1.807, 2.05) is 6.07 Å². The Morgan fingerprint density at radius 3 is 2.66 bits per heavy atom. The maximum absolute atomic E-state index is 12.6. The number of fused-ring (bicyclic) bond motifs is 1. The molecule has 0 aromatic heterocycles. The summed E-state index contributed by atoms with van der Waals surface area (Å²) in [6.07, 6.45) is 9.85. The van der Waals surface area contributed by atoms with Crippen LogP contribution in [0.1, 0.15) is 85.7 Å². The summed E-state index contributed by atoms with van der Waals surface area (Å²) in [5, 5.41) is 23.2. The highest BCUT2D eigenvalue weighted by atomic mass is 16.3. The minimum atomic E-state index is -0.997. The van der Waals surface area contributed by atoms with Crippen molar-refractivity contribution in [2.24, 2.45) is 23.5 Å². The molecule has 0 saturated heterocycles. The van der Waals surface area contributed by atoms with Gasteiger partial charge in [-0.3, -0.25) is 9.59 Å². The van der Waals surface area contributed by atoms with Crippen molar-refractivity contribution in [3.05, 3.63) is 28.8 Å². The predicted octanol–water partition coefficient (Wildman–Crippen LogP) is 3.38. The lowest BCUT2D eigenvalue weighted by Crippen LogP contribution is -2.67. The van der Waals surface area contributed by atoms with Gasteiger partial charge in [-0.15, -0.1) is 0 Å². The number of aliphatic hydroxyl groups is 1. The Morgan fingerprint density at radius 2 is 1.93 bits per heavy atom. The maximum atomic E-state index is 12.6. The molecule has 4 N–H and O–H groups in total. The van der Waals surface area contributed by atoms with Crippen molar-refractivity contribution in [1.29, 1.82) is 0 Å². The average molecular weight is 398 g/mol. The van der Waals surface area contributed by atoms with Crippen molar-refractivity contribution >= 4 is 11.7 Å². The molecule has 5 heteroatoms. The second-order valence-corrected chi connectivity index (χ2v) is 10.1. The van der Waals surface area contributed by atoms with Gasteiger partial charge >= 0.3 is 0 Å². The quantitative estimate of drug-likeness (QED) is 0.728. The summed E-state index contributed by atoms with van der Waals surface area (Å²) in [5.41, 5.74) is 5.39. The molecule has 0 heterocycles. The topological polar surface area (TPSA) is 101 Å². The van der Waals surface area contributed by atoms with E-state index in [9.17, 15) is 19.8 Å². The van der Waals surface area contributed by atoms with Crippen LogP contribution in [0.5, 0.6) is 5.75 Å². The second kappa shape index (κ2) is 6.56. The number of carbonyl (C=O) groups excluding carboxylic acids is 2. The third kappa shape index (κ3) is 2.62. The largest absolute Gasteiger partial charge is 0.507 e. The first-order chi connectivity index (χ1) is 13.9. The van der Waals surface area contributed by atoms with Crippen LogP contribution in [0.4, 0.5) is 0 Å². The first-order valence-electron chi connectivity index (χ1n) is 11.2. The van der Waals surface area contributed by atoms with Crippen LogP contribution in [0.2, 0.25) is 0 Å². The highest BCUT2D eigenvalue weighted by Gasteiger charge is 2.65. The van der Waals surface area contributed by atoms with Crippen LogP contribution in [0, 0.1) is 17.8 Å². The van der Waals surface area contributed by atoms with E-state index in [4.69, 9.17) is 5.73 Å². The van der Waals surface area contributed by atoms with E-state index in [1.165, 1.54) is 25.7 Å². The Labute approximate surface area is 171 Å². The van der Waals surface area contributed by atoms with Crippen LogP contribution in [0.3, 0.4) is 0 Å². The van der Waals surface area contributed by atoms with Gasteiger partial charge in [0, 0.05) is 23.8 Å². The third-order valence-electron chi connectivity index (χ3n) is 8.80. The summed E-state index contributed by atoms with van der Waals surface area (Å²) in [4.78, 5) is 24.4. The summed E-state index contributed by atoms with van der Waals surface area (Å²) < 4.78 is 0. The number of amides is 1. The SMILES string of the molecule is NC(=O)c1ccc2c(c1O)[C@]13CCC(CC4CCCC4)[C@H](C2)[C@]1(O)CCC(=O)C3. The summed E-state index contributed by atoms with van der Waals surface area (Å²) in [7, 11) is 0. The second-order valence-electron chi connectivity index (χ2n) is 10.1. The zero-order chi connectivity index (χ0) is 20.4. The fourth-order valence-corrected chi connectivity index (χ4v) is 7.51. The Morgan fingerprint density at radius 1 is 1.17 bits per heavy atom. The number of hydrogen-bond donors (Lipinski definition) is 3. The van der Waals surface area contributed by atoms with E-state index in [0.717, 1.165) is 24.3 Å². The normalized spacial score (nSPS) is 36.5. The molecule has 3 saturated carbocycles. The molecule has 0 radical (unpaired) electrons. The lowest BCUT2D eigenvalue weighted by atomic mass is 9.43. The molecule has 156 valence electrons. The van der Waals surface area contributed by atoms with Crippen LogP contribution in [-0.2, 0) is 16.6 Å². The molecule has 3 fully saturated rings. The minimum Gasteiger partial charge on any atom is -0.507 e. The summed E-state index contributed by atoms with van der Waals surface area (Å²) in [6.45, 7) is 0. The van der Waals surface area contributed by atoms with E-state index in [1.54, 1.807) is 6.07 Å². The molecule has 0 aliphatic heterocycles. The van der Waals surface area contributed by atoms with Gasteiger partial charge in [-0.1, -0.05) is 31.7 Å². The van der Waals surface area contributed by atoms with Crippen molar-refractivity contribution < 1.29 is 19.8 Å². The highest BCUT2D eigenvalue weighted by molar-refractivity contribution is 5.96. The molecule has 0 spiro atoms. The monoisotopic (exact) mass is 397 g/mol. The van der Waals surface area contributed by atoms with Gasteiger partial charge in [-0.05, 0) is 61.5 Å². The first kappa shape index (κ1) is 19.1. The van der Waals surface area contributed by atoms with Crippen molar-refractivity contribution in [2.75, 3.05) is 0 Å². The predicted molar refractivity (Wildman–Crippen MR) is 109 cm³/mol. The van der Waals surface area contributed by atoms with Crippen LogP contribution in [0.25, 0.3) is 0 Å². The zero-order valence-electron chi connectivity index (χ0n) is 17.0. The van der Waals surface area contributed by atoms with Gasteiger partial charge in [0.15, 0.2) is 0 Å². The molecule has 1 aromatic carbocycles. The molecular weight excluding hydrogens is 366 g/mol. The van der Waals surface area contributed by atoms with Crippen molar-refractivity contribution in [3.8, 4) is 5.75 Å². The van der Waals surface area contributed by atoms with Crippen molar-refractivity contribution in [1.82, 2.24) is 0 Å². The van der Waals surface area contributed by atoms with Crippen LogP contribution < -0.4 is 5.73 Å². The highest BCUT2D eigenvalue weighted by Crippen LogP contribution is 2.64. The Bertz CT molecular complexity index is 874. The van der Waals surface area contributed by atoms with Crippen LogP contribution in [-0.4, -0.2) is 27.5 Å². The molecule has 4 atom stereocenters. The fraction of sp³-hybridized carbons (Fsp3) is 0.667. The molecular formula is C24H31NO4. The van der Waals surface area contributed by atoms with Gasteiger partial charge in [0.1, 0.15) is 11.5 Å². The summed E-state index contributed by atoms with van der Waals surface area (Å²) in [6, 6.07) is 3.49. The van der Waals surface area contributed by atoms with Gasteiger partial charge < -0.3 is 15.9 Å². The Balaban J connectivity index is 1.63. The van der Waals surface area contributed by atoms with E-state index in [0.29, 0.717) is 37.2 Å². The maximum Gasteiger partial charge on any atom is 0.252 e. The molecule has 2 bridgehead atoms. The number of rotatable bonds is 3. The number of Topliss-reactive ketones (excluding diaryl/α,β-unsaturated/α-hetero) is 1. The van der Waals surface area contributed by atoms with Gasteiger partial charge in [0.25, 0.3) is 5.91 Å². The number of benzene rings is 1. The lowest BCUT2D eigenvalue weighted by Gasteiger charge is -2.63. The van der Waals surface area contributed by atoms with Crippen molar-refractivity contribution in [2.45, 2.75) is 81.6 Å². The summed E-state index contributed by atoms with van der Waals surface area (Å²) >= 11 is 0. The smallest absolute Gasteiger partial charge is 0.252 e. The zero-order valence-corrected chi connectivity index (χ0v) is 17.0. The number of phenols is 1. The number of hydrogen-bond acceptors (Lipinski definition) is 4. The molecule has 4 aliphatic rings. The van der Waals surface area contributed by atoms with Crippen LogP contribution >= 0.6 is 0 Å². The number of nitrogens with two attached hydrogens (primary N) is 1. The van der Waals surface area contributed by atoms with E-state index in [2.05, 4.69) is 0 Å². The summed E-state index contributed by atoms with van der Waals surface area (Å²) in [5.74, 6) is 0.666. The molecule has 1 amide bonds. The molecule has 29 heavy (non-hydrogen) atoms. The van der Waals surface area contributed by atoms with Gasteiger partial charge in [-0.25, -0.2) is 0 Å². The average Bonchev–Trinajstić information content (AvgIpc) is 3.17. The number of primary amides is 1. The minimum absolute atomic E-state index is 0.0880. The van der Waals surface area contributed by atoms with Crippen LogP contribution in [0.15, 0.2) is 12.1 Å². The third-order valence-corrected chi connectivity index (χ3v) is 8.80. The lowest BCUT2D eigenvalue weighted by molar-refractivity contribution is -0.174. The molecule has 5 rings (SSSR count). The van der Waals surface area contributed by atoms with Gasteiger partial charge in [0.05, 0.1) is 11.2 Å². The Hall–Kier alpha value is -1.88. The fourth-order valence-electron chi connectivity index (χ4n) is 7.51. The standard InChI is InChI=1S/C24H31NO4/c25-22(28)18-6-5-16-12-19-15(11-14-3-1-2-4-14)7-9-23(20(16)21(18)27)13-17(26)8-10-24(19,23)29/h5-6,14-15,19,27,29H,1-4,7-13H2,(H2,25,28)/t15?,19-,23+,24+/m0/s1. The molecule has 1 aromatic rings. The number of carbonyl (C=O) groups is 2. The van der Waals surface area contributed by atoms with E-state index < -0.39 is 16.9 Å². The van der Waals surface area contributed by atoms with Gasteiger partial charge in [0.2, 0.25) is 0 Å². The van der Waals surface area contributed by atoms with Crippen molar-refractivity contribution in [3.63, 3.8) is 0 Å². The Kier molecular flexibility index (Phi) is 4.32. The first-order valence-corrected chi connectivity index (χ1v) is 11.2. The number of ketones is 1. The van der Waals surface area contributed by atoms with E-state index in [-0.39, 0.29) is 29.4 Å². The van der Waals surface area contributed by atoms with Gasteiger partial charge in [-0.2, -0.15) is 0 Å².